The molecule has 2 aromatic rings. The Balaban J connectivity index is 2.33. The number of carbonyl (C=O) groups excluding carboxylic acids is 1. The molecule has 1 amide bonds. The van der Waals surface area contributed by atoms with Gasteiger partial charge in [-0.3, -0.25) is 9.59 Å². The Morgan fingerprint density at radius 3 is 2.24 bits per heavy atom. The van der Waals surface area contributed by atoms with Crippen molar-refractivity contribution in [1.82, 2.24) is 0 Å². The maximum atomic E-state index is 12.6. The average molecular weight is 304 g/mol. The van der Waals surface area contributed by atoms with E-state index in [1.807, 2.05) is 6.07 Å². The van der Waals surface area contributed by atoms with Crippen LogP contribution in [0.1, 0.15) is 16.8 Å². The molecule has 0 atom stereocenters. The number of para-hydroxylation sites is 1. The minimum Gasteiger partial charge on any atom is -0.481 e. The van der Waals surface area contributed by atoms with Gasteiger partial charge in [-0.05, 0) is 24.3 Å². The predicted molar refractivity (Wildman–Crippen MR) is 81.8 cm³/mol. The van der Waals surface area contributed by atoms with Crippen molar-refractivity contribution < 1.29 is 14.7 Å². The van der Waals surface area contributed by atoms with Gasteiger partial charge in [0.25, 0.3) is 5.91 Å². The number of benzene rings is 2. The minimum absolute atomic E-state index is 0.0867. The molecule has 108 valence electrons. The molecule has 0 unspecified atom stereocenters. The van der Waals surface area contributed by atoms with Gasteiger partial charge in [-0.15, -0.1) is 0 Å². The zero-order valence-electron chi connectivity index (χ0n) is 11.2. The quantitative estimate of drug-likeness (QED) is 0.920. The van der Waals surface area contributed by atoms with E-state index >= 15 is 0 Å². The third-order valence-electron chi connectivity index (χ3n) is 2.97. The van der Waals surface area contributed by atoms with Crippen LogP contribution in [0.25, 0.3) is 0 Å². The van der Waals surface area contributed by atoms with Crippen LogP contribution in [0.4, 0.5) is 5.69 Å². The van der Waals surface area contributed by atoms with Crippen molar-refractivity contribution >= 4 is 29.2 Å². The van der Waals surface area contributed by atoms with Gasteiger partial charge in [0.05, 0.1) is 17.0 Å². The molecule has 0 radical (unpaired) electrons. The number of hydrogen-bond donors (Lipinski definition) is 1. The number of amides is 1. The molecule has 0 spiro atoms. The lowest BCUT2D eigenvalue weighted by Gasteiger charge is -2.22. The fourth-order valence-electron chi connectivity index (χ4n) is 1.94. The highest BCUT2D eigenvalue weighted by Gasteiger charge is 2.20. The third-order valence-corrected chi connectivity index (χ3v) is 3.30. The molecule has 2 rings (SSSR count). The Hall–Kier alpha value is -2.33. The van der Waals surface area contributed by atoms with Crippen molar-refractivity contribution in [2.45, 2.75) is 6.42 Å². The van der Waals surface area contributed by atoms with E-state index in [1.54, 1.807) is 48.5 Å². The van der Waals surface area contributed by atoms with Crippen molar-refractivity contribution in [3.8, 4) is 0 Å². The number of hydrogen-bond acceptors (Lipinski definition) is 2. The first-order chi connectivity index (χ1) is 10.1. The summed E-state index contributed by atoms with van der Waals surface area (Å²) in [4.78, 5) is 24.9. The van der Waals surface area contributed by atoms with Gasteiger partial charge < -0.3 is 10.0 Å². The predicted octanol–water partition coefficient (Wildman–Crippen LogP) is 3.46. The molecule has 2 aromatic carbocycles. The van der Waals surface area contributed by atoms with E-state index in [0.29, 0.717) is 16.3 Å². The van der Waals surface area contributed by atoms with Crippen LogP contribution in [-0.2, 0) is 4.79 Å². The smallest absolute Gasteiger partial charge is 0.305 e. The van der Waals surface area contributed by atoms with Gasteiger partial charge in [0.2, 0.25) is 0 Å². The van der Waals surface area contributed by atoms with E-state index < -0.39 is 5.97 Å². The van der Waals surface area contributed by atoms with Gasteiger partial charge in [-0.25, -0.2) is 0 Å². The molecule has 0 saturated heterocycles. The molecule has 0 aliphatic heterocycles. The molecule has 4 nitrogen and oxygen atoms in total. The normalized spacial score (nSPS) is 10.1. The molecule has 5 heteroatoms. The highest BCUT2D eigenvalue weighted by molar-refractivity contribution is 6.34. The second-order valence-corrected chi connectivity index (χ2v) is 4.82. The van der Waals surface area contributed by atoms with E-state index in [0.717, 1.165) is 0 Å². The Morgan fingerprint density at radius 2 is 1.62 bits per heavy atom. The van der Waals surface area contributed by atoms with Crippen LogP contribution >= 0.6 is 11.6 Å². The van der Waals surface area contributed by atoms with Gasteiger partial charge in [0.15, 0.2) is 0 Å². The lowest BCUT2D eigenvalue weighted by atomic mass is 10.1. The van der Waals surface area contributed by atoms with Crippen LogP contribution in [0, 0.1) is 0 Å². The molecule has 0 aliphatic rings. The number of halogens is 1. The number of rotatable bonds is 5. The van der Waals surface area contributed by atoms with Crippen molar-refractivity contribution in [1.29, 1.82) is 0 Å². The summed E-state index contributed by atoms with van der Waals surface area (Å²) in [6.07, 6.45) is -0.134. The molecule has 0 aromatic heterocycles. The second-order valence-electron chi connectivity index (χ2n) is 4.42. The molecular weight excluding hydrogens is 290 g/mol. The van der Waals surface area contributed by atoms with Crippen molar-refractivity contribution in [3.05, 3.63) is 65.2 Å². The minimum atomic E-state index is -0.956. The molecular formula is C16H14ClNO3. The van der Waals surface area contributed by atoms with Crippen molar-refractivity contribution in [2.24, 2.45) is 0 Å². The molecule has 21 heavy (non-hydrogen) atoms. The SMILES string of the molecule is O=C(O)CCN(C(=O)c1ccccc1Cl)c1ccccc1. The van der Waals surface area contributed by atoms with Gasteiger partial charge in [0, 0.05) is 12.2 Å². The average Bonchev–Trinajstić information content (AvgIpc) is 2.48. The van der Waals surface area contributed by atoms with Crippen LogP contribution in [0.2, 0.25) is 5.02 Å². The highest BCUT2D eigenvalue weighted by Crippen LogP contribution is 2.21. The number of carboxylic acid groups (broad SMARTS) is 1. The van der Waals surface area contributed by atoms with E-state index in [-0.39, 0.29) is 18.9 Å². The summed E-state index contributed by atoms with van der Waals surface area (Å²) in [6.45, 7) is 0.0867. The van der Waals surface area contributed by atoms with Gasteiger partial charge in [0.1, 0.15) is 0 Å². The van der Waals surface area contributed by atoms with Crippen LogP contribution in [0.5, 0.6) is 0 Å². The molecule has 0 saturated carbocycles. The Kier molecular flexibility index (Phi) is 4.95. The number of carboxylic acids is 1. The van der Waals surface area contributed by atoms with Crippen LogP contribution in [0.3, 0.4) is 0 Å². The summed E-state index contributed by atoms with van der Waals surface area (Å²) >= 11 is 6.05. The summed E-state index contributed by atoms with van der Waals surface area (Å²) in [6, 6.07) is 15.7. The summed E-state index contributed by atoms with van der Waals surface area (Å²) < 4.78 is 0. The van der Waals surface area contributed by atoms with Gasteiger partial charge in [-0.2, -0.15) is 0 Å². The molecule has 0 aliphatic carbocycles. The number of aliphatic carboxylic acids is 1. The zero-order chi connectivity index (χ0) is 15.2. The number of carbonyl (C=O) groups is 2. The Labute approximate surface area is 127 Å². The first kappa shape index (κ1) is 15.1. The summed E-state index contributed by atoms with van der Waals surface area (Å²) in [7, 11) is 0. The first-order valence-corrected chi connectivity index (χ1v) is 6.80. The highest BCUT2D eigenvalue weighted by atomic mass is 35.5. The van der Waals surface area contributed by atoms with E-state index in [1.165, 1.54) is 4.90 Å². The Bertz CT molecular complexity index is 643. The molecule has 0 fully saturated rings. The topological polar surface area (TPSA) is 57.6 Å². The van der Waals surface area contributed by atoms with E-state index in [4.69, 9.17) is 16.7 Å². The summed E-state index contributed by atoms with van der Waals surface area (Å²) in [5.41, 5.74) is 0.997. The fraction of sp³-hybridized carbons (Fsp3) is 0.125. The van der Waals surface area contributed by atoms with Crippen LogP contribution in [0.15, 0.2) is 54.6 Å². The Morgan fingerprint density at radius 1 is 1.00 bits per heavy atom. The maximum absolute atomic E-state index is 12.6. The van der Waals surface area contributed by atoms with Gasteiger partial charge in [-0.1, -0.05) is 41.9 Å². The number of anilines is 1. The van der Waals surface area contributed by atoms with Crippen molar-refractivity contribution in [3.63, 3.8) is 0 Å². The molecule has 1 N–H and O–H groups in total. The van der Waals surface area contributed by atoms with Crippen LogP contribution < -0.4 is 4.90 Å². The lowest BCUT2D eigenvalue weighted by molar-refractivity contribution is -0.136. The van der Waals surface area contributed by atoms with E-state index in [9.17, 15) is 9.59 Å². The van der Waals surface area contributed by atoms with Crippen molar-refractivity contribution in [2.75, 3.05) is 11.4 Å². The van der Waals surface area contributed by atoms with E-state index in [2.05, 4.69) is 0 Å². The number of nitrogens with zero attached hydrogens (tertiary/aromatic N) is 1. The fourth-order valence-corrected chi connectivity index (χ4v) is 2.16. The first-order valence-electron chi connectivity index (χ1n) is 6.43. The summed E-state index contributed by atoms with van der Waals surface area (Å²) in [5.74, 6) is -1.27. The second kappa shape index (κ2) is 6.90. The monoisotopic (exact) mass is 303 g/mol. The molecule has 0 bridgehead atoms. The summed E-state index contributed by atoms with van der Waals surface area (Å²) in [5, 5.41) is 9.20. The van der Waals surface area contributed by atoms with Gasteiger partial charge >= 0.3 is 5.97 Å². The van der Waals surface area contributed by atoms with Crippen LogP contribution in [-0.4, -0.2) is 23.5 Å². The maximum Gasteiger partial charge on any atom is 0.305 e. The molecule has 0 heterocycles. The standard InChI is InChI=1S/C16H14ClNO3/c17-14-9-5-4-8-13(14)16(21)18(11-10-15(19)20)12-6-2-1-3-7-12/h1-9H,10-11H2,(H,19,20). The zero-order valence-corrected chi connectivity index (χ0v) is 12.0. The lowest BCUT2D eigenvalue weighted by Crippen LogP contribution is -2.33. The largest absolute Gasteiger partial charge is 0.481 e. The third kappa shape index (κ3) is 3.83.